The molecule has 31 heavy (non-hydrogen) atoms. The second-order valence-corrected chi connectivity index (χ2v) is 11.5. The Morgan fingerprint density at radius 1 is 1.16 bits per heavy atom. The third kappa shape index (κ3) is 5.27. The van der Waals surface area contributed by atoms with Crippen LogP contribution in [-0.2, 0) is 27.5 Å². The number of fused-ring (bicyclic) bond motifs is 1. The lowest BCUT2D eigenvalue weighted by atomic mass is 9.95. The van der Waals surface area contributed by atoms with Gasteiger partial charge in [-0.05, 0) is 56.7 Å². The number of hydrogen-bond donors (Lipinski definition) is 2. The van der Waals surface area contributed by atoms with Gasteiger partial charge in [0, 0.05) is 10.9 Å². The van der Waals surface area contributed by atoms with E-state index in [2.05, 4.69) is 10.6 Å². The molecule has 2 N–H and O–H groups in total. The number of carbonyl (C=O) groups is 2. The molecule has 0 unspecified atom stereocenters. The summed E-state index contributed by atoms with van der Waals surface area (Å²) in [5.41, 5.74) is 2.56. The van der Waals surface area contributed by atoms with Crippen molar-refractivity contribution in [3.8, 4) is 5.75 Å². The molecular weight excluding hydrogens is 436 g/mol. The molecule has 0 bridgehead atoms. The van der Waals surface area contributed by atoms with Gasteiger partial charge in [-0.25, -0.2) is 8.42 Å². The van der Waals surface area contributed by atoms with Crippen molar-refractivity contribution in [3.05, 3.63) is 45.8 Å². The Morgan fingerprint density at radius 3 is 2.61 bits per heavy atom. The van der Waals surface area contributed by atoms with Gasteiger partial charge >= 0.3 is 0 Å². The molecule has 1 fully saturated rings. The monoisotopic (exact) mass is 462 g/mol. The number of anilines is 1. The Kier molecular flexibility index (Phi) is 6.34. The van der Waals surface area contributed by atoms with E-state index in [1.165, 1.54) is 11.3 Å². The number of sulfone groups is 1. The van der Waals surface area contributed by atoms with Crippen LogP contribution in [0, 0.1) is 6.92 Å². The largest absolute Gasteiger partial charge is 0.484 e. The molecule has 2 heterocycles. The molecule has 2 aromatic rings. The predicted octanol–water partition coefficient (Wildman–Crippen LogP) is 2.87. The average Bonchev–Trinajstić information content (AvgIpc) is 3.26. The van der Waals surface area contributed by atoms with Crippen LogP contribution in [0.3, 0.4) is 0 Å². The molecule has 0 radical (unpaired) electrons. The number of nitrogens with one attached hydrogen (secondary N) is 2. The summed E-state index contributed by atoms with van der Waals surface area (Å²) in [4.78, 5) is 26.7. The standard InChI is InChI=1S/C22H26N2O5S2/c1-14-6-8-16(9-7-14)29-12-19(25)24-22-20(17-4-2-3-5-18(17)30-22)21(26)23-15-10-11-31(27,28)13-15/h6-9,15H,2-5,10-13H2,1H3,(H,23,26)(H,24,25)/t15-/m1/s1. The first kappa shape index (κ1) is 21.8. The summed E-state index contributed by atoms with van der Waals surface area (Å²) in [5.74, 6) is 0.0242. The van der Waals surface area contributed by atoms with Crippen molar-refractivity contribution < 1.29 is 22.7 Å². The van der Waals surface area contributed by atoms with E-state index in [9.17, 15) is 18.0 Å². The first-order valence-electron chi connectivity index (χ1n) is 10.5. The normalized spacial score (nSPS) is 19.5. The number of carbonyl (C=O) groups excluding carboxylic acids is 2. The van der Waals surface area contributed by atoms with Crippen LogP contribution < -0.4 is 15.4 Å². The summed E-state index contributed by atoms with van der Waals surface area (Å²) in [6.45, 7) is 1.82. The Balaban J connectivity index is 1.47. The van der Waals surface area contributed by atoms with Crippen LogP contribution in [0.1, 0.15) is 45.6 Å². The van der Waals surface area contributed by atoms with Gasteiger partial charge in [0.2, 0.25) is 0 Å². The summed E-state index contributed by atoms with van der Waals surface area (Å²) < 4.78 is 29.0. The fraction of sp³-hybridized carbons (Fsp3) is 0.455. The van der Waals surface area contributed by atoms with Gasteiger partial charge in [0.05, 0.1) is 17.1 Å². The highest BCUT2D eigenvalue weighted by molar-refractivity contribution is 7.91. The summed E-state index contributed by atoms with van der Waals surface area (Å²) in [5, 5.41) is 6.23. The molecule has 1 atom stereocenters. The van der Waals surface area contributed by atoms with Gasteiger partial charge in [0.1, 0.15) is 10.8 Å². The molecule has 1 aliphatic carbocycles. The van der Waals surface area contributed by atoms with E-state index in [4.69, 9.17) is 4.74 Å². The maximum atomic E-state index is 13.1. The van der Waals surface area contributed by atoms with Gasteiger partial charge in [-0.2, -0.15) is 0 Å². The highest BCUT2D eigenvalue weighted by Crippen LogP contribution is 2.38. The maximum Gasteiger partial charge on any atom is 0.262 e. The minimum Gasteiger partial charge on any atom is -0.484 e. The topological polar surface area (TPSA) is 102 Å². The number of hydrogen-bond acceptors (Lipinski definition) is 6. The van der Waals surface area contributed by atoms with E-state index in [1.807, 2.05) is 19.1 Å². The number of rotatable bonds is 6. The van der Waals surface area contributed by atoms with E-state index in [0.717, 1.165) is 41.7 Å². The number of ether oxygens (including phenoxy) is 1. The maximum absolute atomic E-state index is 13.1. The molecule has 1 aromatic heterocycles. The van der Waals surface area contributed by atoms with Crippen molar-refractivity contribution in [2.75, 3.05) is 23.4 Å². The van der Waals surface area contributed by atoms with E-state index in [-0.39, 0.29) is 36.0 Å². The molecule has 1 aromatic carbocycles. The lowest BCUT2D eigenvalue weighted by Gasteiger charge is -2.15. The summed E-state index contributed by atoms with van der Waals surface area (Å²) in [6, 6.07) is 7.05. The quantitative estimate of drug-likeness (QED) is 0.687. The Labute approximate surface area is 186 Å². The Bertz CT molecular complexity index is 1090. The van der Waals surface area contributed by atoms with Gasteiger partial charge in [-0.1, -0.05) is 17.7 Å². The molecule has 1 aliphatic heterocycles. The zero-order valence-corrected chi connectivity index (χ0v) is 19.0. The molecule has 2 aliphatic rings. The number of aryl methyl sites for hydroxylation is 2. The Morgan fingerprint density at radius 2 is 1.90 bits per heavy atom. The summed E-state index contributed by atoms with van der Waals surface area (Å²) in [7, 11) is -3.09. The fourth-order valence-corrected chi connectivity index (χ4v) is 6.98. The van der Waals surface area contributed by atoms with Crippen LogP contribution in [0.4, 0.5) is 5.00 Å². The van der Waals surface area contributed by atoms with Crippen LogP contribution in [0.25, 0.3) is 0 Å². The lowest BCUT2D eigenvalue weighted by molar-refractivity contribution is -0.118. The van der Waals surface area contributed by atoms with Gasteiger partial charge < -0.3 is 15.4 Å². The van der Waals surface area contributed by atoms with Crippen molar-refractivity contribution in [1.82, 2.24) is 5.32 Å². The van der Waals surface area contributed by atoms with E-state index in [1.54, 1.807) is 12.1 Å². The van der Waals surface area contributed by atoms with Crippen molar-refractivity contribution >= 4 is 38.0 Å². The fourth-order valence-electron chi connectivity index (χ4n) is 4.01. The molecule has 166 valence electrons. The molecule has 0 saturated carbocycles. The van der Waals surface area contributed by atoms with Gasteiger partial charge in [-0.15, -0.1) is 11.3 Å². The van der Waals surface area contributed by atoms with Crippen LogP contribution >= 0.6 is 11.3 Å². The molecule has 4 rings (SSSR count). The minimum atomic E-state index is -3.09. The van der Waals surface area contributed by atoms with E-state index >= 15 is 0 Å². The summed E-state index contributed by atoms with van der Waals surface area (Å²) >= 11 is 1.43. The second-order valence-electron chi connectivity index (χ2n) is 8.14. The lowest BCUT2D eigenvalue weighted by Crippen LogP contribution is -2.36. The number of benzene rings is 1. The number of thiophene rings is 1. The first-order valence-corrected chi connectivity index (χ1v) is 13.1. The van der Waals surface area contributed by atoms with Crippen LogP contribution in [0.15, 0.2) is 24.3 Å². The highest BCUT2D eigenvalue weighted by Gasteiger charge is 2.32. The Hall–Kier alpha value is -2.39. The van der Waals surface area contributed by atoms with Gasteiger partial charge in [-0.3, -0.25) is 9.59 Å². The average molecular weight is 463 g/mol. The van der Waals surface area contributed by atoms with Crippen LogP contribution in [-0.4, -0.2) is 44.4 Å². The second kappa shape index (κ2) is 9.00. The van der Waals surface area contributed by atoms with Crippen LogP contribution in [0.5, 0.6) is 5.75 Å². The highest BCUT2D eigenvalue weighted by atomic mass is 32.2. The van der Waals surface area contributed by atoms with E-state index in [0.29, 0.717) is 22.7 Å². The molecule has 9 heteroatoms. The third-order valence-corrected chi connectivity index (χ3v) is 8.59. The van der Waals surface area contributed by atoms with Gasteiger partial charge in [0.15, 0.2) is 16.4 Å². The zero-order chi connectivity index (χ0) is 22.0. The SMILES string of the molecule is Cc1ccc(OCC(=O)Nc2sc3c(c2C(=O)N[C@@H]2CCS(=O)(=O)C2)CCCC3)cc1. The minimum absolute atomic E-state index is 0.0306. The van der Waals surface area contributed by atoms with Crippen molar-refractivity contribution in [2.24, 2.45) is 0 Å². The van der Waals surface area contributed by atoms with Crippen molar-refractivity contribution in [1.29, 1.82) is 0 Å². The summed E-state index contributed by atoms with van der Waals surface area (Å²) in [6.07, 6.45) is 4.14. The van der Waals surface area contributed by atoms with Crippen molar-refractivity contribution in [3.63, 3.8) is 0 Å². The molecule has 0 spiro atoms. The molecular formula is C22H26N2O5S2. The molecule has 1 saturated heterocycles. The predicted molar refractivity (Wildman–Crippen MR) is 121 cm³/mol. The van der Waals surface area contributed by atoms with Crippen LogP contribution in [0.2, 0.25) is 0 Å². The molecule has 7 nitrogen and oxygen atoms in total. The zero-order valence-electron chi connectivity index (χ0n) is 17.4. The smallest absolute Gasteiger partial charge is 0.262 e. The third-order valence-electron chi connectivity index (χ3n) is 5.61. The molecule has 2 amide bonds. The van der Waals surface area contributed by atoms with Gasteiger partial charge in [0.25, 0.3) is 11.8 Å². The van der Waals surface area contributed by atoms with E-state index < -0.39 is 9.84 Å². The van der Waals surface area contributed by atoms with Crippen molar-refractivity contribution in [2.45, 2.75) is 45.1 Å². The number of amides is 2. The first-order chi connectivity index (χ1) is 14.8.